The van der Waals surface area contributed by atoms with Gasteiger partial charge in [-0.15, -0.1) is 0 Å². The van der Waals surface area contributed by atoms with Crippen molar-refractivity contribution in [3.05, 3.63) is 47.6 Å². The van der Waals surface area contributed by atoms with Gasteiger partial charge in [0.05, 0.1) is 13.2 Å². The van der Waals surface area contributed by atoms with E-state index in [0.29, 0.717) is 43.8 Å². The van der Waals surface area contributed by atoms with E-state index in [1.54, 1.807) is 7.05 Å². The van der Waals surface area contributed by atoms with Gasteiger partial charge in [-0.2, -0.15) is 4.98 Å². The fourth-order valence-electron chi connectivity index (χ4n) is 2.23. The molecule has 0 amide bonds. The highest BCUT2D eigenvalue weighted by Gasteiger charge is 2.06. The molecule has 2 aromatic rings. The first kappa shape index (κ1) is 18.9. The van der Waals surface area contributed by atoms with Gasteiger partial charge >= 0.3 is 0 Å². The first-order chi connectivity index (χ1) is 12.2. The number of nitrogens with zero attached hydrogens (tertiary/aromatic N) is 3. The van der Waals surface area contributed by atoms with Crippen LogP contribution < -0.4 is 10.6 Å². The molecule has 25 heavy (non-hydrogen) atoms. The minimum Gasteiger partial charge on any atom is -0.376 e. The first-order valence-electron chi connectivity index (χ1n) is 8.52. The largest absolute Gasteiger partial charge is 0.376 e. The average Bonchev–Trinajstić information content (AvgIpc) is 3.04. The van der Waals surface area contributed by atoms with E-state index in [-0.39, 0.29) is 0 Å². The summed E-state index contributed by atoms with van der Waals surface area (Å²) in [5.41, 5.74) is 1.19. The molecule has 7 nitrogen and oxygen atoms in total. The van der Waals surface area contributed by atoms with Gasteiger partial charge in [0.1, 0.15) is 0 Å². The smallest absolute Gasteiger partial charge is 0.228 e. The highest BCUT2D eigenvalue weighted by molar-refractivity contribution is 5.79. The van der Waals surface area contributed by atoms with Crippen LogP contribution in [-0.2, 0) is 17.8 Å². The van der Waals surface area contributed by atoms with Gasteiger partial charge in [0.2, 0.25) is 5.89 Å². The van der Waals surface area contributed by atoms with E-state index in [9.17, 15) is 0 Å². The van der Waals surface area contributed by atoms with Crippen LogP contribution in [0.2, 0.25) is 0 Å². The number of benzene rings is 1. The molecule has 2 rings (SSSR count). The molecule has 0 aliphatic carbocycles. The first-order valence-corrected chi connectivity index (χ1v) is 8.52. The Balaban J connectivity index is 1.59. The SMILES string of the molecule is CN=C(NCCc1nc(C)no1)NCC(C)COCc1ccccc1. The second kappa shape index (κ2) is 10.5. The lowest BCUT2D eigenvalue weighted by Gasteiger charge is -2.16. The second-order valence-corrected chi connectivity index (χ2v) is 5.97. The topological polar surface area (TPSA) is 84.6 Å². The van der Waals surface area contributed by atoms with Crippen LogP contribution in [-0.4, -0.2) is 42.8 Å². The molecule has 0 spiro atoms. The van der Waals surface area contributed by atoms with Crippen LogP contribution >= 0.6 is 0 Å². The lowest BCUT2D eigenvalue weighted by molar-refractivity contribution is 0.0931. The van der Waals surface area contributed by atoms with Crippen molar-refractivity contribution in [3.8, 4) is 0 Å². The molecular formula is C18H27N5O2. The Hall–Kier alpha value is -2.41. The van der Waals surface area contributed by atoms with Crippen LogP contribution in [0.15, 0.2) is 39.8 Å². The zero-order valence-corrected chi connectivity index (χ0v) is 15.2. The number of hydrogen-bond acceptors (Lipinski definition) is 5. The molecule has 0 saturated heterocycles. The van der Waals surface area contributed by atoms with E-state index in [1.807, 2.05) is 25.1 Å². The van der Waals surface area contributed by atoms with E-state index >= 15 is 0 Å². The average molecular weight is 345 g/mol. The van der Waals surface area contributed by atoms with Gasteiger partial charge in [-0.25, -0.2) is 0 Å². The van der Waals surface area contributed by atoms with Crippen LogP contribution in [0.1, 0.15) is 24.2 Å². The third-order valence-electron chi connectivity index (χ3n) is 3.56. The number of guanidine groups is 1. The van der Waals surface area contributed by atoms with Crippen molar-refractivity contribution in [2.24, 2.45) is 10.9 Å². The number of aryl methyl sites for hydroxylation is 1. The van der Waals surface area contributed by atoms with Crippen LogP contribution in [0.4, 0.5) is 0 Å². The third kappa shape index (κ3) is 7.34. The van der Waals surface area contributed by atoms with Gasteiger partial charge < -0.3 is 19.9 Å². The molecule has 1 aromatic heterocycles. The summed E-state index contributed by atoms with van der Waals surface area (Å²) in [5.74, 6) is 2.41. The zero-order valence-electron chi connectivity index (χ0n) is 15.2. The van der Waals surface area contributed by atoms with Gasteiger partial charge in [-0.05, 0) is 18.4 Å². The van der Waals surface area contributed by atoms with Crippen molar-refractivity contribution in [1.29, 1.82) is 0 Å². The molecule has 0 aliphatic heterocycles. The zero-order chi connectivity index (χ0) is 17.9. The molecule has 1 unspecified atom stereocenters. The normalized spacial score (nSPS) is 12.8. The predicted octanol–water partition coefficient (Wildman–Crippen LogP) is 1.94. The fraction of sp³-hybridized carbons (Fsp3) is 0.500. The molecule has 1 atom stereocenters. The molecule has 1 heterocycles. The van der Waals surface area contributed by atoms with E-state index < -0.39 is 0 Å². The lowest BCUT2D eigenvalue weighted by atomic mass is 10.2. The Morgan fingerprint density at radius 2 is 2.08 bits per heavy atom. The standard InChI is InChI=1S/C18H27N5O2/c1-14(12-24-13-16-7-5-4-6-8-16)11-21-18(19-3)20-10-9-17-22-15(2)23-25-17/h4-8,14H,9-13H2,1-3H3,(H2,19,20,21). The summed E-state index contributed by atoms with van der Waals surface area (Å²) in [7, 11) is 1.75. The Morgan fingerprint density at radius 3 is 2.76 bits per heavy atom. The number of rotatable bonds is 9. The predicted molar refractivity (Wildman–Crippen MR) is 97.4 cm³/mol. The van der Waals surface area contributed by atoms with Crippen LogP contribution in [0, 0.1) is 12.8 Å². The molecule has 0 fully saturated rings. The molecule has 136 valence electrons. The van der Waals surface area contributed by atoms with Crippen LogP contribution in [0.3, 0.4) is 0 Å². The lowest BCUT2D eigenvalue weighted by Crippen LogP contribution is -2.40. The second-order valence-electron chi connectivity index (χ2n) is 5.97. The Kier molecular flexibility index (Phi) is 7.91. The van der Waals surface area contributed by atoms with Gasteiger partial charge in [-0.1, -0.05) is 42.4 Å². The number of ether oxygens (including phenoxy) is 1. The Bertz CT molecular complexity index is 642. The fourth-order valence-corrected chi connectivity index (χ4v) is 2.23. The third-order valence-corrected chi connectivity index (χ3v) is 3.56. The van der Waals surface area contributed by atoms with Gasteiger partial charge in [0, 0.05) is 26.6 Å². The highest BCUT2D eigenvalue weighted by Crippen LogP contribution is 2.02. The van der Waals surface area contributed by atoms with E-state index in [2.05, 4.69) is 44.8 Å². The van der Waals surface area contributed by atoms with E-state index in [1.165, 1.54) is 5.56 Å². The summed E-state index contributed by atoms with van der Waals surface area (Å²) >= 11 is 0. The number of aliphatic imine (C=N–C) groups is 1. The molecule has 0 aliphatic rings. The summed E-state index contributed by atoms with van der Waals surface area (Å²) in [6.07, 6.45) is 0.664. The Labute approximate surface area is 148 Å². The number of hydrogen-bond donors (Lipinski definition) is 2. The monoisotopic (exact) mass is 345 g/mol. The van der Waals surface area contributed by atoms with Crippen molar-refractivity contribution in [2.45, 2.75) is 26.9 Å². The van der Waals surface area contributed by atoms with Crippen molar-refractivity contribution >= 4 is 5.96 Å². The molecule has 7 heteroatoms. The Morgan fingerprint density at radius 1 is 1.28 bits per heavy atom. The molecule has 0 radical (unpaired) electrons. The highest BCUT2D eigenvalue weighted by atomic mass is 16.5. The summed E-state index contributed by atoms with van der Waals surface area (Å²) in [6, 6.07) is 10.2. The maximum atomic E-state index is 5.76. The van der Waals surface area contributed by atoms with E-state index in [0.717, 1.165) is 12.5 Å². The van der Waals surface area contributed by atoms with Crippen LogP contribution in [0.5, 0.6) is 0 Å². The summed E-state index contributed by atoms with van der Waals surface area (Å²) < 4.78 is 10.8. The maximum Gasteiger partial charge on any atom is 0.228 e. The number of nitrogens with one attached hydrogen (secondary N) is 2. The number of aromatic nitrogens is 2. The van der Waals surface area contributed by atoms with Gasteiger partial charge in [0.15, 0.2) is 11.8 Å². The van der Waals surface area contributed by atoms with Crippen molar-refractivity contribution in [1.82, 2.24) is 20.8 Å². The summed E-state index contributed by atoms with van der Waals surface area (Å²) in [5, 5.41) is 10.3. The molecule has 0 saturated carbocycles. The summed E-state index contributed by atoms with van der Waals surface area (Å²) in [6.45, 7) is 6.75. The maximum absolute atomic E-state index is 5.76. The van der Waals surface area contributed by atoms with Crippen molar-refractivity contribution in [3.63, 3.8) is 0 Å². The van der Waals surface area contributed by atoms with Gasteiger partial charge in [0.25, 0.3) is 0 Å². The van der Waals surface area contributed by atoms with Crippen molar-refractivity contribution < 1.29 is 9.26 Å². The van der Waals surface area contributed by atoms with Crippen molar-refractivity contribution in [2.75, 3.05) is 26.7 Å². The molecular weight excluding hydrogens is 318 g/mol. The molecule has 2 N–H and O–H groups in total. The van der Waals surface area contributed by atoms with Gasteiger partial charge in [-0.3, -0.25) is 4.99 Å². The minimum atomic E-state index is 0.376. The van der Waals surface area contributed by atoms with Crippen LogP contribution in [0.25, 0.3) is 0 Å². The van der Waals surface area contributed by atoms with E-state index in [4.69, 9.17) is 9.26 Å². The minimum absolute atomic E-state index is 0.376. The molecule has 1 aromatic carbocycles. The molecule has 0 bridgehead atoms. The quantitative estimate of drug-likeness (QED) is 0.534. The summed E-state index contributed by atoms with van der Waals surface area (Å²) in [4.78, 5) is 8.38.